The molecule has 2 atom stereocenters. The fraction of sp³-hybridized carbons (Fsp3) is 0.724. The van der Waals surface area contributed by atoms with E-state index in [1.54, 1.807) is 19.2 Å². The number of amides is 1. The maximum Gasteiger partial charge on any atom is 0.220 e. The van der Waals surface area contributed by atoms with Crippen molar-refractivity contribution in [2.75, 3.05) is 26.7 Å². The lowest BCUT2D eigenvalue weighted by Gasteiger charge is -2.34. The lowest BCUT2D eigenvalue weighted by Crippen LogP contribution is -2.40. The minimum Gasteiger partial charge on any atom is -0.381 e. The largest absolute Gasteiger partial charge is 0.381 e. The SMILES string of the molecule is CO[C@@H]1CCC[C@@H](CC(=O)NC2CCC(CCN3CCC(C(=O)c4ccc(F)cc4)CC3)CC2)C1. The van der Waals surface area contributed by atoms with E-state index in [0.29, 0.717) is 30.0 Å². The summed E-state index contributed by atoms with van der Waals surface area (Å²) in [6, 6.07) is 6.30. The normalized spacial score (nSPS) is 28.5. The van der Waals surface area contributed by atoms with E-state index in [1.165, 1.54) is 37.8 Å². The minimum atomic E-state index is -0.298. The summed E-state index contributed by atoms with van der Waals surface area (Å²) in [6.45, 7) is 3.03. The first-order chi connectivity index (χ1) is 17.0. The molecule has 1 aromatic carbocycles. The topological polar surface area (TPSA) is 58.6 Å². The van der Waals surface area contributed by atoms with Gasteiger partial charge in [-0.05, 0) is 120 Å². The molecule has 5 nitrogen and oxygen atoms in total. The van der Waals surface area contributed by atoms with Crippen molar-refractivity contribution in [2.45, 2.75) is 89.2 Å². The van der Waals surface area contributed by atoms with Gasteiger partial charge in [-0.25, -0.2) is 4.39 Å². The Morgan fingerprint density at radius 3 is 2.37 bits per heavy atom. The van der Waals surface area contributed by atoms with Gasteiger partial charge in [-0.3, -0.25) is 9.59 Å². The summed E-state index contributed by atoms with van der Waals surface area (Å²) in [7, 11) is 1.78. The summed E-state index contributed by atoms with van der Waals surface area (Å²) in [5.74, 6) is 1.36. The monoisotopic (exact) mass is 486 g/mol. The third kappa shape index (κ3) is 7.85. The predicted molar refractivity (Wildman–Crippen MR) is 136 cm³/mol. The van der Waals surface area contributed by atoms with Gasteiger partial charge in [0.15, 0.2) is 5.78 Å². The van der Waals surface area contributed by atoms with E-state index >= 15 is 0 Å². The maximum absolute atomic E-state index is 13.1. The van der Waals surface area contributed by atoms with Gasteiger partial charge in [0.1, 0.15) is 5.82 Å². The molecule has 0 spiro atoms. The highest BCUT2D eigenvalue weighted by molar-refractivity contribution is 5.97. The van der Waals surface area contributed by atoms with Crippen LogP contribution in [0.5, 0.6) is 0 Å². The molecule has 3 aliphatic rings. The highest BCUT2D eigenvalue weighted by atomic mass is 19.1. The van der Waals surface area contributed by atoms with Gasteiger partial charge in [-0.1, -0.05) is 6.42 Å². The molecule has 0 bridgehead atoms. The van der Waals surface area contributed by atoms with Crippen LogP contribution in [0.15, 0.2) is 24.3 Å². The molecule has 1 heterocycles. The number of Topliss-reactive ketones (excluding diaryl/α,β-unsaturated/α-hetero) is 1. The number of halogens is 1. The molecule has 2 aliphatic carbocycles. The molecule has 194 valence electrons. The summed E-state index contributed by atoms with van der Waals surface area (Å²) >= 11 is 0. The number of nitrogens with zero attached hydrogens (tertiary/aromatic N) is 1. The molecule has 1 saturated heterocycles. The Morgan fingerprint density at radius 2 is 1.69 bits per heavy atom. The van der Waals surface area contributed by atoms with Gasteiger partial charge in [0.05, 0.1) is 6.10 Å². The van der Waals surface area contributed by atoms with Crippen molar-refractivity contribution < 1.29 is 18.7 Å². The summed E-state index contributed by atoms with van der Waals surface area (Å²) < 4.78 is 18.6. The first-order valence-corrected chi connectivity index (χ1v) is 13.8. The van der Waals surface area contributed by atoms with Crippen LogP contribution in [0.2, 0.25) is 0 Å². The number of hydrogen-bond donors (Lipinski definition) is 1. The van der Waals surface area contributed by atoms with E-state index < -0.39 is 0 Å². The van der Waals surface area contributed by atoms with Crippen LogP contribution >= 0.6 is 0 Å². The average Bonchev–Trinajstić information content (AvgIpc) is 2.88. The Kier molecular flexibility index (Phi) is 9.73. The molecule has 1 aromatic rings. The molecule has 4 rings (SSSR count). The van der Waals surface area contributed by atoms with Crippen molar-refractivity contribution in [3.8, 4) is 0 Å². The molecule has 0 unspecified atom stereocenters. The van der Waals surface area contributed by atoms with Crippen molar-refractivity contribution in [1.29, 1.82) is 0 Å². The van der Waals surface area contributed by atoms with E-state index in [2.05, 4.69) is 10.2 Å². The molecule has 0 aromatic heterocycles. The highest BCUT2D eigenvalue weighted by Gasteiger charge is 2.28. The number of methoxy groups -OCH3 is 1. The number of carbonyl (C=O) groups is 2. The van der Waals surface area contributed by atoms with Crippen LogP contribution in [-0.2, 0) is 9.53 Å². The Bertz CT molecular complexity index is 814. The van der Waals surface area contributed by atoms with E-state index in [-0.39, 0.29) is 23.4 Å². The van der Waals surface area contributed by atoms with Crippen LogP contribution in [0.1, 0.15) is 87.4 Å². The minimum absolute atomic E-state index is 0.0600. The molecule has 1 aliphatic heterocycles. The van der Waals surface area contributed by atoms with Gasteiger partial charge in [-0.2, -0.15) is 0 Å². The molecule has 1 N–H and O–H groups in total. The molecule has 2 saturated carbocycles. The molecule has 1 amide bonds. The van der Waals surface area contributed by atoms with E-state index in [9.17, 15) is 14.0 Å². The lowest BCUT2D eigenvalue weighted by molar-refractivity contribution is -0.123. The molecule has 6 heteroatoms. The van der Waals surface area contributed by atoms with Crippen molar-refractivity contribution in [3.05, 3.63) is 35.6 Å². The zero-order valence-electron chi connectivity index (χ0n) is 21.4. The number of piperidine rings is 1. The smallest absolute Gasteiger partial charge is 0.220 e. The van der Waals surface area contributed by atoms with Gasteiger partial charge >= 0.3 is 0 Å². The maximum atomic E-state index is 13.1. The van der Waals surface area contributed by atoms with Crippen LogP contribution in [0.25, 0.3) is 0 Å². The first-order valence-electron chi connectivity index (χ1n) is 13.8. The van der Waals surface area contributed by atoms with Crippen LogP contribution in [0.3, 0.4) is 0 Å². The van der Waals surface area contributed by atoms with E-state index in [1.807, 2.05) is 0 Å². The standard InChI is InChI=1S/C29H43FN2O3/c1-35-27-4-2-3-22(19-27)20-28(33)31-26-11-5-21(6-12-26)13-16-32-17-14-24(15-18-32)29(34)23-7-9-25(30)10-8-23/h7-10,21-22,24,26-27H,2-6,11-20H2,1H3,(H,31,33)/t21?,22-,26?,27-/m1/s1. The number of nitrogens with one attached hydrogen (secondary N) is 1. The van der Waals surface area contributed by atoms with Crippen LogP contribution < -0.4 is 5.32 Å². The Hall–Kier alpha value is -1.79. The molecule has 0 radical (unpaired) electrons. The van der Waals surface area contributed by atoms with Crippen molar-refractivity contribution in [1.82, 2.24) is 10.2 Å². The molecular formula is C29H43FN2O3. The third-order valence-corrected chi connectivity index (χ3v) is 8.69. The number of ether oxygens (including phenoxy) is 1. The number of ketones is 1. The van der Waals surface area contributed by atoms with Crippen molar-refractivity contribution >= 4 is 11.7 Å². The Balaban J connectivity index is 1.09. The second-order valence-electron chi connectivity index (χ2n) is 11.2. The van der Waals surface area contributed by atoms with Crippen LogP contribution in [-0.4, -0.2) is 55.5 Å². The first kappa shape index (κ1) is 26.3. The third-order valence-electron chi connectivity index (χ3n) is 8.69. The fourth-order valence-corrected chi connectivity index (χ4v) is 6.42. The predicted octanol–water partition coefficient (Wildman–Crippen LogP) is 5.38. The van der Waals surface area contributed by atoms with Gasteiger partial charge in [0.2, 0.25) is 5.91 Å². The van der Waals surface area contributed by atoms with Crippen LogP contribution in [0.4, 0.5) is 4.39 Å². The summed E-state index contributed by atoms with van der Waals surface area (Å²) in [5.41, 5.74) is 0.631. The molecule has 3 fully saturated rings. The number of carbonyl (C=O) groups excluding carboxylic acids is 2. The van der Waals surface area contributed by atoms with E-state index in [4.69, 9.17) is 4.74 Å². The van der Waals surface area contributed by atoms with Gasteiger partial charge in [0.25, 0.3) is 0 Å². The molecular weight excluding hydrogens is 443 g/mol. The lowest BCUT2D eigenvalue weighted by atomic mass is 9.83. The summed E-state index contributed by atoms with van der Waals surface area (Å²) in [6.07, 6.45) is 13.0. The zero-order chi connectivity index (χ0) is 24.6. The second-order valence-corrected chi connectivity index (χ2v) is 11.2. The van der Waals surface area contributed by atoms with Gasteiger partial charge < -0.3 is 15.0 Å². The number of benzene rings is 1. The number of rotatable bonds is 9. The Morgan fingerprint density at radius 1 is 0.971 bits per heavy atom. The van der Waals surface area contributed by atoms with Crippen LogP contribution in [0, 0.1) is 23.6 Å². The fourth-order valence-electron chi connectivity index (χ4n) is 6.42. The van der Waals surface area contributed by atoms with E-state index in [0.717, 1.165) is 70.5 Å². The molecule has 35 heavy (non-hydrogen) atoms. The number of likely N-dealkylation sites (tertiary alicyclic amines) is 1. The summed E-state index contributed by atoms with van der Waals surface area (Å²) in [4.78, 5) is 27.8. The summed E-state index contributed by atoms with van der Waals surface area (Å²) in [5, 5.41) is 3.31. The van der Waals surface area contributed by atoms with Gasteiger partial charge in [0, 0.05) is 31.1 Å². The highest BCUT2D eigenvalue weighted by Crippen LogP contribution is 2.30. The second kappa shape index (κ2) is 13.0. The van der Waals surface area contributed by atoms with Gasteiger partial charge in [-0.15, -0.1) is 0 Å². The average molecular weight is 487 g/mol. The van der Waals surface area contributed by atoms with Crippen molar-refractivity contribution in [3.63, 3.8) is 0 Å². The number of hydrogen-bond acceptors (Lipinski definition) is 4. The zero-order valence-corrected chi connectivity index (χ0v) is 21.4. The Labute approximate surface area is 210 Å². The quantitative estimate of drug-likeness (QED) is 0.476. The van der Waals surface area contributed by atoms with Crippen molar-refractivity contribution in [2.24, 2.45) is 17.8 Å².